The first-order valence-corrected chi connectivity index (χ1v) is 10.6. The molecule has 0 aliphatic carbocycles. The van der Waals surface area contributed by atoms with E-state index in [4.69, 9.17) is 4.42 Å². The first-order chi connectivity index (χ1) is 17.0. The third-order valence-corrected chi connectivity index (χ3v) is 5.38. The van der Waals surface area contributed by atoms with E-state index >= 15 is 0 Å². The molecule has 172 valence electrons. The van der Waals surface area contributed by atoms with Gasteiger partial charge in [-0.25, -0.2) is 14.5 Å². The van der Waals surface area contributed by atoms with Gasteiger partial charge >= 0.3 is 0 Å². The van der Waals surface area contributed by atoms with Crippen molar-refractivity contribution in [1.29, 1.82) is 0 Å². The van der Waals surface area contributed by atoms with Gasteiger partial charge in [0.2, 0.25) is 5.43 Å². The van der Waals surface area contributed by atoms with Crippen molar-refractivity contribution in [1.82, 2.24) is 15.2 Å². The molecular formula is C26H17FN4O4. The second-order valence-electron chi connectivity index (χ2n) is 7.67. The van der Waals surface area contributed by atoms with Gasteiger partial charge in [0.05, 0.1) is 28.2 Å². The van der Waals surface area contributed by atoms with Crippen molar-refractivity contribution in [2.45, 2.75) is 6.54 Å². The molecule has 0 aliphatic heterocycles. The Balaban J connectivity index is 1.41. The van der Waals surface area contributed by atoms with E-state index in [1.54, 1.807) is 60.7 Å². The van der Waals surface area contributed by atoms with E-state index in [0.29, 0.717) is 33.0 Å². The Labute approximate surface area is 196 Å². The Morgan fingerprint density at radius 2 is 1.66 bits per heavy atom. The van der Waals surface area contributed by atoms with Crippen molar-refractivity contribution in [2.75, 3.05) is 0 Å². The summed E-state index contributed by atoms with van der Waals surface area (Å²) in [6.07, 6.45) is 2.43. The van der Waals surface area contributed by atoms with Crippen LogP contribution in [0.1, 0.15) is 5.56 Å². The van der Waals surface area contributed by atoms with Crippen LogP contribution in [0.15, 0.2) is 98.2 Å². The number of para-hydroxylation sites is 1. The molecule has 2 aromatic heterocycles. The maximum absolute atomic E-state index is 13.4. The quantitative estimate of drug-likeness (QED) is 0.314. The zero-order valence-corrected chi connectivity index (χ0v) is 18.1. The van der Waals surface area contributed by atoms with Gasteiger partial charge in [-0.3, -0.25) is 14.4 Å². The highest BCUT2D eigenvalue weighted by Gasteiger charge is 2.14. The minimum Gasteiger partial charge on any atom is -0.463 e. The average molecular weight is 468 g/mol. The first-order valence-electron chi connectivity index (χ1n) is 10.6. The Hall–Kier alpha value is -4.92. The molecule has 1 N–H and O–H groups in total. The average Bonchev–Trinajstić information content (AvgIpc) is 2.88. The summed E-state index contributed by atoms with van der Waals surface area (Å²) in [5, 5.41) is 9.52. The molecule has 1 amide bonds. The van der Waals surface area contributed by atoms with Gasteiger partial charge in [0.15, 0.2) is 0 Å². The van der Waals surface area contributed by atoms with Crippen LogP contribution in [-0.4, -0.2) is 21.9 Å². The number of hydrogen-bond acceptors (Lipinski definition) is 6. The third-order valence-electron chi connectivity index (χ3n) is 5.38. The predicted molar refractivity (Wildman–Crippen MR) is 130 cm³/mol. The van der Waals surface area contributed by atoms with Crippen LogP contribution in [0.25, 0.3) is 33.0 Å². The number of hydrazone groups is 1. The maximum Gasteiger partial charge on any atom is 0.275 e. The van der Waals surface area contributed by atoms with E-state index < -0.39 is 23.8 Å². The van der Waals surface area contributed by atoms with Gasteiger partial charge in [-0.05, 0) is 42.5 Å². The minimum absolute atomic E-state index is 0.156. The number of carbonyl (C=O) groups excluding carboxylic acids is 1. The summed E-state index contributed by atoms with van der Waals surface area (Å²) in [6, 6.07) is 19.3. The van der Waals surface area contributed by atoms with Crippen molar-refractivity contribution in [3.05, 3.63) is 111 Å². The molecule has 5 aromatic rings. The van der Waals surface area contributed by atoms with Crippen LogP contribution in [0.3, 0.4) is 0 Å². The number of hydrogen-bond donors (Lipinski definition) is 1. The molecule has 0 spiro atoms. The summed E-state index contributed by atoms with van der Waals surface area (Å²) in [6.45, 7) is -0.415. The van der Waals surface area contributed by atoms with Crippen molar-refractivity contribution in [2.24, 2.45) is 5.10 Å². The lowest BCUT2D eigenvalue weighted by Gasteiger charge is -2.10. The topological polar surface area (TPSA) is 107 Å². The Morgan fingerprint density at radius 3 is 2.43 bits per heavy atom. The van der Waals surface area contributed by atoms with Crippen molar-refractivity contribution >= 4 is 33.9 Å². The van der Waals surface area contributed by atoms with E-state index in [1.807, 2.05) is 0 Å². The number of nitrogens with one attached hydrogen (secondary N) is 1. The smallest absolute Gasteiger partial charge is 0.275 e. The molecule has 0 saturated carbocycles. The van der Waals surface area contributed by atoms with Gasteiger partial charge in [0.1, 0.15) is 24.2 Å². The molecular weight excluding hydrogens is 451 g/mol. The molecule has 8 nitrogen and oxygen atoms in total. The lowest BCUT2D eigenvalue weighted by molar-refractivity contribution is -0.121. The molecule has 35 heavy (non-hydrogen) atoms. The normalized spacial score (nSPS) is 11.3. The molecule has 0 fully saturated rings. The van der Waals surface area contributed by atoms with E-state index in [2.05, 4.69) is 15.6 Å². The van der Waals surface area contributed by atoms with Crippen molar-refractivity contribution < 1.29 is 13.6 Å². The highest BCUT2D eigenvalue weighted by molar-refractivity contribution is 5.94. The predicted octanol–water partition coefficient (Wildman–Crippen LogP) is 3.46. The van der Waals surface area contributed by atoms with E-state index in [0.717, 1.165) is 4.68 Å². The summed E-state index contributed by atoms with van der Waals surface area (Å²) >= 11 is 0. The highest BCUT2D eigenvalue weighted by Crippen LogP contribution is 2.24. The van der Waals surface area contributed by atoms with E-state index in [9.17, 15) is 18.8 Å². The number of rotatable bonds is 5. The summed E-state index contributed by atoms with van der Waals surface area (Å²) < 4.78 is 19.8. The Bertz CT molecular complexity index is 1720. The van der Waals surface area contributed by atoms with Gasteiger partial charge < -0.3 is 4.42 Å². The fourth-order valence-electron chi connectivity index (χ4n) is 3.69. The number of benzene rings is 3. The summed E-state index contributed by atoms with van der Waals surface area (Å²) in [7, 11) is 0. The molecule has 0 unspecified atom stereocenters. The third kappa shape index (κ3) is 4.34. The van der Waals surface area contributed by atoms with E-state index in [1.165, 1.54) is 24.6 Å². The second-order valence-corrected chi connectivity index (χ2v) is 7.67. The number of amides is 1. The van der Waals surface area contributed by atoms with Gasteiger partial charge in [0, 0.05) is 10.9 Å². The summed E-state index contributed by atoms with van der Waals surface area (Å²) in [5.74, 6) is -1.02. The number of fused-ring (bicyclic) bond motifs is 2. The highest BCUT2D eigenvalue weighted by atomic mass is 19.1. The Kier molecular flexibility index (Phi) is 5.72. The van der Waals surface area contributed by atoms with Gasteiger partial charge in [-0.15, -0.1) is 0 Å². The molecule has 0 saturated heterocycles. The van der Waals surface area contributed by atoms with Crippen molar-refractivity contribution in [3.8, 4) is 11.3 Å². The molecule has 9 heteroatoms. The molecule has 0 radical (unpaired) electrons. The zero-order chi connectivity index (χ0) is 24.4. The zero-order valence-electron chi connectivity index (χ0n) is 18.1. The maximum atomic E-state index is 13.4. The molecule has 3 aromatic carbocycles. The van der Waals surface area contributed by atoms with Crippen LogP contribution in [0, 0.1) is 5.82 Å². The molecule has 0 bridgehead atoms. The standard InChI is InChI=1S/C26H17FN4O4/c27-18-11-9-16(10-12-18)24-19-5-1-2-6-20(19)26(34)31(30-24)14-23(32)29-28-13-17-15-35-22-8-4-3-7-21(22)25(17)33/h1-13,15H,14H2,(H,29,32)/b28-13+. The number of nitrogens with zero attached hydrogens (tertiary/aromatic N) is 3. The van der Waals surface area contributed by atoms with Crippen LogP contribution < -0.4 is 16.4 Å². The molecule has 2 heterocycles. The fraction of sp³-hybridized carbons (Fsp3) is 0.0385. The van der Waals surface area contributed by atoms with E-state index in [-0.39, 0.29) is 11.0 Å². The van der Waals surface area contributed by atoms with Gasteiger partial charge in [-0.1, -0.05) is 30.3 Å². The largest absolute Gasteiger partial charge is 0.463 e. The SMILES string of the molecule is O=C(Cn1nc(-c2ccc(F)cc2)c2ccccc2c1=O)N/N=C/c1coc2ccccc2c1=O. The van der Waals surface area contributed by atoms with Gasteiger partial charge in [-0.2, -0.15) is 10.2 Å². The van der Waals surface area contributed by atoms with Crippen LogP contribution in [0.2, 0.25) is 0 Å². The van der Waals surface area contributed by atoms with Crippen molar-refractivity contribution in [3.63, 3.8) is 0 Å². The first kappa shape index (κ1) is 21.9. The number of halogens is 1. The Morgan fingerprint density at radius 1 is 0.971 bits per heavy atom. The molecule has 0 aliphatic rings. The lowest BCUT2D eigenvalue weighted by Crippen LogP contribution is -2.32. The van der Waals surface area contributed by atoms with Crippen LogP contribution in [0.5, 0.6) is 0 Å². The van der Waals surface area contributed by atoms with Crippen LogP contribution in [0.4, 0.5) is 4.39 Å². The molecule has 5 rings (SSSR count). The van der Waals surface area contributed by atoms with Crippen LogP contribution >= 0.6 is 0 Å². The van der Waals surface area contributed by atoms with Gasteiger partial charge in [0.25, 0.3) is 11.5 Å². The number of carbonyl (C=O) groups is 1. The number of aromatic nitrogens is 2. The lowest BCUT2D eigenvalue weighted by atomic mass is 10.1. The molecule has 0 atom stereocenters. The summed E-state index contributed by atoms with van der Waals surface area (Å²) in [5.41, 5.74) is 3.18. The minimum atomic E-state index is -0.624. The van der Waals surface area contributed by atoms with Crippen LogP contribution in [-0.2, 0) is 11.3 Å². The monoisotopic (exact) mass is 468 g/mol. The second kappa shape index (κ2) is 9.14. The summed E-state index contributed by atoms with van der Waals surface area (Å²) in [4.78, 5) is 38.0. The fourth-order valence-corrected chi connectivity index (χ4v) is 3.69.